The number of anilines is 1. The van der Waals surface area contributed by atoms with E-state index in [0.717, 1.165) is 16.7 Å². The minimum Gasteiger partial charge on any atom is -0.493 e. The lowest BCUT2D eigenvalue weighted by atomic mass is 10.2. The maximum Gasteiger partial charge on any atom is 0.294 e. The van der Waals surface area contributed by atoms with E-state index in [1.54, 1.807) is 12.1 Å². The standard InChI is InChI=1S/C20H16BrFN2O5S/c1-28-15-7-11(14(21)9-16(15)29-2)8-17-19(26)24(20(27)30-17)10-18(25)23-13-5-3-12(22)4-6-13/h3-9H,10H2,1-2H3,(H,23,25)/b17-8-. The Labute approximate surface area is 184 Å². The third-order valence-electron chi connectivity index (χ3n) is 4.09. The molecular formula is C20H16BrFN2O5S. The second-order valence-electron chi connectivity index (χ2n) is 6.05. The predicted octanol–water partition coefficient (Wildman–Crippen LogP) is 4.28. The number of carbonyl (C=O) groups excluding carboxylic acids is 3. The van der Waals surface area contributed by atoms with Gasteiger partial charge in [0.2, 0.25) is 5.91 Å². The lowest BCUT2D eigenvalue weighted by Crippen LogP contribution is -2.36. The summed E-state index contributed by atoms with van der Waals surface area (Å²) in [4.78, 5) is 38.1. The lowest BCUT2D eigenvalue weighted by molar-refractivity contribution is -0.127. The molecular weight excluding hydrogens is 479 g/mol. The number of nitrogens with zero attached hydrogens (tertiary/aromatic N) is 1. The predicted molar refractivity (Wildman–Crippen MR) is 115 cm³/mol. The van der Waals surface area contributed by atoms with Crippen LogP contribution in [0.2, 0.25) is 0 Å². The summed E-state index contributed by atoms with van der Waals surface area (Å²) in [6.07, 6.45) is 1.54. The largest absolute Gasteiger partial charge is 0.493 e. The number of rotatable bonds is 6. The number of nitrogens with one attached hydrogen (secondary N) is 1. The molecule has 7 nitrogen and oxygen atoms in total. The first-order valence-electron chi connectivity index (χ1n) is 8.54. The van der Waals surface area contributed by atoms with Gasteiger partial charge in [0.15, 0.2) is 11.5 Å². The van der Waals surface area contributed by atoms with Crippen molar-refractivity contribution in [3.05, 3.63) is 57.2 Å². The third kappa shape index (κ3) is 4.82. The van der Waals surface area contributed by atoms with Crippen LogP contribution in [0.5, 0.6) is 11.5 Å². The van der Waals surface area contributed by atoms with E-state index in [1.165, 1.54) is 44.6 Å². The number of amides is 3. The Balaban J connectivity index is 1.76. The number of thioether (sulfide) groups is 1. The van der Waals surface area contributed by atoms with Crippen molar-refractivity contribution in [3.63, 3.8) is 0 Å². The first-order chi connectivity index (χ1) is 14.3. The molecule has 0 aliphatic carbocycles. The summed E-state index contributed by atoms with van der Waals surface area (Å²) in [6.45, 7) is -0.452. The molecule has 1 fully saturated rings. The molecule has 3 rings (SSSR count). The highest BCUT2D eigenvalue weighted by atomic mass is 79.9. The third-order valence-corrected chi connectivity index (χ3v) is 5.69. The summed E-state index contributed by atoms with van der Waals surface area (Å²) in [7, 11) is 3.00. The average molecular weight is 495 g/mol. The zero-order chi connectivity index (χ0) is 21.8. The summed E-state index contributed by atoms with van der Waals surface area (Å²) in [5, 5.41) is 1.96. The SMILES string of the molecule is COc1cc(Br)c(/C=C2\SC(=O)N(CC(=O)Nc3ccc(F)cc3)C2=O)cc1OC. The van der Waals surface area contributed by atoms with E-state index < -0.39 is 29.4 Å². The van der Waals surface area contributed by atoms with E-state index in [9.17, 15) is 18.8 Å². The van der Waals surface area contributed by atoms with Crippen LogP contribution in [0.25, 0.3) is 6.08 Å². The van der Waals surface area contributed by atoms with Gasteiger partial charge in [-0.15, -0.1) is 0 Å². The smallest absolute Gasteiger partial charge is 0.294 e. The van der Waals surface area contributed by atoms with E-state index in [0.29, 0.717) is 27.2 Å². The molecule has 1 saturated heterocycles. The lowest BCUT2D eigenvalue weighted by Gasteiger charge is -2.12. The van der Waals surface area contributed by atoms with E-state index >= 15 is 0 Å². The monoisotopic (exact) mass is 494 g/mol. The average Bonchev–Trinajstić information content (AvgIpc) is 2.98. The van der Waals surface area contributed by atoms with Crippen LogP contribution in [-0.4, -0.2) is 42.7 Å². The minimum atomic E-state index is -0.582. The highest BCUT2D eigenvalue weighted by molar-refractivity contribution is 9.10. The minimum absolute atomic E-state index is 0.169. The van der Waals surface area contributed by atoms with E-state index in [2.05, 4.69) is 21.2 Å². The number of methoxy groups -OCH3 is 2. The molecule has 1 N–H and O–H groups in total. The maximum absolute atomic E-state index is 13.0. The normalized spacial score (nSPS) is 14.9. The maximum atomic E-state index is 13.0. The highest BCUT2D eigenvalue weighted by Gasteiger charge is 2.36. The number of ether oxygens (including phenoxy) is 2. The van der Waals surface area contributed by atoms with Crippen molar-refractivity contribution in [2.24, 2.45) is 0 Å². The number of carbonyl (C=O) groups is 3. The molecule has 1 aliphatic heterocycles. The Kier molecular flexibility index (Phi) is 6.78. The Bertz CT molecular complexity index is 1040. The molecule has 30 heavy (non-hydrogen) atoms. The second-order valence-corrected chi connectivity index (χ2v) is 7.90. The molecule has 0 saturated carbocycles. The number of halogens is 2. The summed E-state index contributed by atoms with van der Waals surface area (Å²) in [6, 6.07) is 8.51. The Morgan fingerprint density at radius 2 is 1.80 bits per heavy atom. The Morgan fingerprint density at radius 1 is 1.17 bits per heavy atom. The molecule has 0 bridgehead atoms. The number of imide groups is 1. The molecule has 2 aromatic carbocycles. The molecule has 156 valence electrons. The van der Waals surface area contributed by atoms with E-state index in [1.807, 2.05) is 0 Å². The zero-order valence-corrected chi connectivity index (χ0v) is 18.3. The van der Waals surface area contributed by atoms with Crippen LogP contribution in [0, 0.1) is 5.82 Å². The van der Waals surface area contributed by atoms with Crippen LogP contribution in [0.1, 0.15) is 5.56 Å². The number of hydrogen-bond acceptors (Lipinski definition) is 6. The molecule has 0 radical (unpaired) electrons. The summed E-state index contributed by atoms with van der Waals surface area (Å²) in [5.41, 5.74) is 0.965. The molecule has 0 unspecified atom stereocenters. The molecule has 3 amide bonds. The molecule has 2 aromatic rings. The summed E-state index contributed by atoms with van der Waals surface area (Å²) < 4.78 is 24.1. The van der Waals surface area contributed by atoms with Gasteiger partial charge in [0.25, 0.3) is 11.1 Å². The van der Waals surface area contributed by atoms with Gasteiger partial charge in [-0.3, -0.25) is 19.3 Å². The van der Waals surface area contributed by atoms with Crippen LogP contribution in [-0.2, 0) is 9.59 Å². The molecule has 0 spiro atoms. The van der Waals surface area contributed by atoms with Crippen LogP contribution in [0.15, 0.2) is 45.8 Å². The van der Waals surface area contributed by atoms with Gasteiger partial charge in [0.1, 0.15) is 12.4 Å². The van der Waals surface area contributed by atoms with Crippen LogP contribution in [0.3, 0.4) is 0 Å². The van der Waals surface area contributed by atoms with Gasteiger partial charge >= 0.3 is 0 Å². The number of benzene rings is 2. The van der Waals surface area contributed by atoms with Crippen molar-refractivity contribution in [2.45, 2.75) is 0 Å². The van der Waals surface area contributed by atoms with Gasteiger partial charge in [-0.2, -0.15) is 0 Å². The quantitative estimate of drug-likeness (QED) is 0.603. The van der Waals surface area contributed by atoms with Crippen molar-refractivity contribution in [2.75, 3.05) is 26.1 Å². The molecule has 0 aromatic heterocycles. The first kappa shape index (κ1) is 21.8. The van der Waals surface area contributed by atoms with Crippen molar-refractivity contribution < 1.29 is 28.2 Å². The topological polar surface area (TPSA) is 84.9 Å². The van der Waals surface area contributed by atoms with Crippen molar-refractivity contribution in [1.29, 1.82) is 0 Å². The molecule has 1 aliphatic rings. The first-order valence-corrected chi connectivity index (χ1v) is 10.2. The summed E-state index contributed by atoms with van der Waals surface area (Å²) in [5.74, 6) is -0.624. The van der Waals surface area contributed by atoms with Gasteiger partial charge in [-0.25, -0.2) is 4.39 Å². The van der Waals surface area contributed by atoms with Crippen molar-refractivity contribution >= 4 is 56.5 Å². The fourth-order valence-electron chi connectivity index (χ4n) is 2.64. The van der Waals surface area contributed by atoms with Crippen LogP contribution >= 0.6 is 27.7 Å². The second kappa shape index (κ2) is 9.31. The van der Waals surface area contributed by atoms with Gasteiger partial charge in [0, 0.05) is 10.2 Å². The van der Waals surface area contributed by atoms with Gasteiger partial charge in [0.05, 0.1) is 19.1 Å². The van der Waals surface area contributed by atoms with Crippen LogP contribution < -0.4 is 14.8 Å². The van der Waals surface area contributed by atoms with Crippen LogP contribution in [0.4, 0.5) is 14.9 Å². The molecule has 10 heteroatoms. The van der Waals surface area contributed by atoms with Crippen molar-refractivity contribution in [1.82, 2.24) is 4.90 Å². The van der Waals surface area contributed by atoms with Gasteiger partial charge < -0.3 is 14.8 Å². The Hall–Kier alpha value is -2.85. The number of hydrogen-bond donors (Lipinski definition) is 1. The zero-order valence-electron chi connectivity index (χ0n) is 15.9. The van der Waals surface area contributed by atoms with Crippen molar-refractivity contribution in [3.8, 4) is 11.5 Å². The molecule has 1 heterocycles. The van der Waals surface area contributed by atoms with Gasteiger partial charge in [-0.05, 0) is 59.8 Å². The Morgan fingerprint density at radius 3 is 2.43 bits per heavy atom. The van der Waals surface area contributed by atoms with E-state index in [4.69, 9.17) is 9.47 Å². The fourth-order valence-corrected chi connectivity index (χ4v) is 3.90. The van der Waals surface area contributed by atoms with Gasteiger partial charge in [-0.1, -0.05) is 15.9 Å². The molecule has 0 atom stereocenters. The highest BCUT2D eigenvalue weighted by Crippen LogP contribution is 2.37. The summed E-state index contributed by atoms with van der Waals surface area (Å²) >= 11 is 4.14. The fraction of sp³-hybridized carbons (Fsp3) is 0.150. The van der Waals surface area contributed by atoms with E-state index in [-0.39, 0.29) is 4.91 Å².